The number of thiophene rings is 1. The van der Waals surface area contributed by atoms with Gasteiger partial charge in [-0.15, -0.1) is 11.3 Å². The minimum atomic E-state index is -0.773. The topological polar surface area (TPSA) is 42.4 Å². The van der Waals surface area contributed by atoms with Gasteiger partial charge < -0.3 is 9.84 Å². The van der Waals surface area contributed by atoms with E-state index in [-0.39, 0.29) is 0 Å². The Hall–Kier alpha value is -1.10. The van der Waals surface area contributed by atoms with Crippen LogP contribution in [0.3, 0.4) is 0 Å². The average Bonchev–Trinajstić information content (AvgIpc) is 2.74. The first kappa shape index (κ1) is 11.4. The number of ether oxygens (including phenoxy) is 1. The highest BCUT2D eigenvalue weighted by Crippen LogP contribution is 2.35. The van der Waals surface area contributed by atoms with Crippen LogP contribution in [0.5, 0.6) is 5.75 Å². The molecule has 0 amide bonds. The summed E-state index contributed by atoms with van der Waals surface area (Å²) in [5.74, 6) is 0.555. The zero-order valence-electron chi connectivity index (χ0n) is 8.55. The molecule has 0 aliphatic heterocycles. The van der Waals surface area contributed by atoms with Gasteiger partial charge >= 0.3 is 0 Å². The fourth-order valence-electron chi connectivity index (χ4n) is 1.43. The first-order chi connectivity index (χ1) is 7.74. The van der Waals surface area contributed by atoms with Crippen LogP contribution in [0.25, 0.3) is 0 Å². The van der Waals surface area contributed by atoms with E-state index < -0.39 is 6.10 Å². The molecule has 0 saturated heterocycles. The molecule has 5 heteroatoms. The standard InChI is InChI=1S/C11H10ClNO2S/c1-15-9-6-13-4-2-7(9)10(14)11-8(12)3-5-16-11/h2-6,10,14H,1H3. The number of nitrogens with zero attached hydrogens (tertiary/aromatic N) is 1. The molecule has 2 aromatic rings. The van der Waals surface area contributed by atoms with Gasteiger partial charge in [-0.2, -0.15) is 0 Å². The van der Waals surface area contributed by atoms with Crippen molar-refractivity contribution in [2.75, 3.05) is 7.11 Å². The van der Waals surface area contributed by atoms with Crippen molar-refractivity contribution in [3.63, 3.8) is 0 Å². The van der Waals surface area contributed by atoms with Crippen LogP contribution in [0.2, 0.25) is 5.02 Å². The molecule has 0 aliphatic carbocycles. The zero-order chi connectivity index (χ0) is 11.5. The van der Waals surface area contributed by atoms with E-state index >= 15 is 0 Å². The third kappa shape index (κ3) is 2.04. The molecule has 2 heterocycles. The SMILES string of the molecule is COc1cnccc1C(O)c1sccc1Cl. The molecule has 2 aromatic heterocycles. The Kier molecular flexibility index (Phi) is 3.43. The number of aliphatic hydroxyl groups excluding tert-OH is 1. The Balaban J connectivity index is 2.41. The van der Waals surface area contributed by atoms with Crippen LogP contribution in [0.15, 0.2) is 29.9 Å². The quantitative estimate of drug-likeness (QED) is 0.917. The second-order valence-corrected chi connectivity index (χ2v) is 4.51. The summed E-state index contributed by atoms with van der Waals surface area (Å²) in [5, 5.41) is 12.6. The number of pyridine rings is 1. The average molecular weight is 256 g/mol. The summed E-state index contributed by atoms with van der Waals surface area (Å²) in [6.45, 7) is 0. The molecule has 0 spiro atoms. The fourth-order valence-corrected chi connectivity index (χ4v) is 2.59. The van der Waals surface area contributed by atoms with E-state index in [4.69, 9.17) is 16.3 Å². The van der Waals surface area contributed by atoms with Crippen molar-refractivity contribution >= 4 is 22.9 Å². The molecule has 0 fully saturated rings. The highest BCUT2D eigenvalue weighted by Gasteiger charge is 2.18. The molecule has 3 nitrogen and oxygen atoms in total. The van der Waals surface area contributed by atoms with Crippen molar-refractivity contribution in [2.45, 2.75) is 6.10 Å². The molecular formula is C11H10ClNO2S. The van der Waals surface area contributed by atoms with E-state index in [1.807, 2.05) is 5.38 Å². The van der Waals surface area contributed by atoms with Gasteiger partial charge in [0.1, 0.15) is 11.9 Å². The van der Waals surface area contributed by atoms with Gasteiger partial charge in [-0.25, -0.2) is 0 Å². The van der Waals surface area contributed by atoms with E-state index in [2.05, 4.69) is 4.98 Å². The van der Waals surface area contributed by atoms with Gasteiger partial charge in [0.25, 0.3) is 0 Å². The van der Waals surface area contributed by atoms with Crippen molar-refractivity contribution < 1.29 is 9.84 Å². The molecule has 16 heavy (non-hydrogen) atoms. The number of halogens is 1. The molecule has 1 N–H and O–H groups in total. The Morgan fingerprint density at radius 2 is 2.31 bits per heavy atom. The number of hydrogen-bond donors (Lipinski definition) is 1. The fraction of sp³-hybridized carbons (Fsp3) is 0.182. The first-order valence-electron chi connectivity index (χ1n) is 4.63. The molecule has 2 rings (SSSR count). The van der Waals surface area contributed by atoms with Gasteiger partial charge in [0.15, 0.2) is 0 Å². The summed E-state index contributed by atoms with van der Waals surface area (Å²) in [6, 6.07) is 3.48. The summed E-state index contributed by atoms with van der Waals surface area (Å²) in [5.41, 5.74) is 0.668. The normalized spacial score (nSPS) is 12.4. The van der Waals surface area contributed by atoms with Crippen LogP contribution in [-0.4, -0.2) is 17.2 Å². The molecule has 0 bridgehead atoms. The molecule has 1 atom stereocenters. The third-order valence-corrected chi connectivity index (χ3v) is 3.63. The van der Waals surface area contributed by atoms with E-state index in [0.29, 0.717) is 21.2 Å². The molecule has 0 aliphatic rings. The number of rotatable bonds is 3. The lowest BCUT2D eigenvalue weighted by atomic mass is 10.1. The number of aromatic nitrogens is 1. The van der Waals surface area contributed by atoms with Crippen LogP contribution >= 0.6 is 22.9 Å². The highest BCUT2D eigenvalue weighted by molar-refractivity contribution is 7.10. The second kappa shape index (κ2) is 4.82. The lowest BCUT2D eigenvalue weighted by Crippen LogP contribution is -2.01. The Morgan fingerprint density at radius 1 is 1.50 bits per heavy atom. The van der Waals surface area contributed by atoms with Crippen LogP contribution < -0.4 is 4.74 Å². The predicted molar refractivity (Wildman–Crippen MR) is 64.2 cm³/mol. The van der Waals surface area contributed by atoms with Gasteiger partial charge in [0.05, 0.1) is 23.2 Å². The molecule has 0 saturated carbocycles. The lowest BCUT2D eigenvalue weighted by molar-refractivity contribution is 0.218. The second-order valence-electron chi connectivity index (χ2n) is 3.15. The summed E-state index contributed by atoms with van der Waals surface area (Å²) >= 11 is 7.39. The van der Waals surface area contributed by atoms with Crippen LogP contribution in [-0.2, 0) is 0 Å². The molecule has 0 radical (unpaired) electrons. The summed E-state index contributed by atoms with van der Waals surface area (Å²) in [4.78, 5) is 4.65. The third-order valence-electron chi connectivity index (χ3n) is 2.22. The van der Waals surface area contributed by atoms with Crippen LogP contribution in [0.1, 0.15) is 16.5 Å². The molecule has 0 aromatic carbocycles. The van der Waals surface area contributed by atoms with Gasteiger partial charge in [-0.3, -0.25) is 4.98 Å². The number of hydrogen-bond acceptors (Lipinski definition) is 4. The molecular weight excluding hydrogens is 246 g/mol. The molecule has 1 unspecified atom stereocenters. The van der Waals surface area contributed by atoms with Crippen molar-refractivity contribution in [3.8, 4) is 5.75 Å². The van der Waals surface area contributed by atoms with Crippen molar-refractivity contribution in [1.29, 1.82) is 0 Å². The summed E-state index contributed by atoms with van der Waals surface area (Å²) in [7, 11) is 1.54. The van der Waals surface area contributed by atoms with Crippen molar-refractivity contribution in [1.82, 2.24) is 4.98 Å². The predicted octanol–water partition coefficient (Wildman–Crippen LogP) is 2.89. The van der Waals surface area contributed by atoms with Crippen molar-refractivity contribution in [2.24, 2.45) is 0 Å². The van der Waals surface area contributed by atoms with Gasteiger partial charge in [-0.05, 0) is 17.5 Å². The largest absolute Gasteiger partial charge is 0.495 e. The monoisotopic (exact) mass is 255 g/mol. The van der Waals surface area contributed by atoms with E-state index in [1.54, 1.807) is 31.6 Å². The van der Waals surface area contributed by atoms with E-state index in [9.17, 15) is 5.11 Å². The molecule has 84 valence electrons. The maximum absolute atomic E-state index is 10.2. The van der Waals surface area contributed by atoms with Crippen molar-refractivity contribution in [3.05, 3.63) is 45.4 Å². The van der Waals surface area contributed by atoms with E-state index in [0.717, 1.165) is 0 Å². The highest BCUT2D eigenvalue weighted by atomic mass is 35.5. The van der Waals surface area contributed by atoms with Gasteiger partial charge in [0.2, 0.25) is 0 Å². The summed E-state index contributed by atoms with van der Waals surface area (Å²) < 4.78 is 5.14. The van der Waals surface area contributed by atoms with E-state index in [1.165, 1.54) is 11.3 Å². The maximum atomic E-state index is 10.2. The maximum Gasteiger partial charge on any atom is 0.143 e. The van der Waals surface area contributed by atoms with Gasteiger partial charge in [-0.1, -0.05) is 11.6 Å². The van der Waals surface area contributed by atoms with Gasteiger partial charge in [0, 0.05) is 11.8 Å². The minimum absolute atomic E-state index is 0.555. The minimum Gasteiger partial charge on any atom is -0.495 e. The zero-order valence-corrected chi connectivity index (χ0v) is 10.1. The first-order valence-corrected chi connectivity index (χ1v) is 5.88. The number of methoxy groups -OCH3 is 1. The number of aliphatic hydroxyl groups is 1. The Bertz CT molecular complexity index is 486. The van der Waals surface area contributed by atoms with Crippen LogP contribution in [0, 0.1) is 0 Å². The van der Waals surface area contributed by atoms with Crippen LogP contribution in [0.4, 0.5) is 0 Å². The summed E-state index contributed by atoms with van der Waals surface area (Å²) in [6.07, 6.45) is 2.41. The Morgan fingerprint density at radius 3 is 2.94 bits per heavy atom. The Labute approximate surface area is 102 Å². The lowest BCUT2D eigenvalue weighted by Gasteiger charge is -2.13. The smallest absolute Gasteiger partial charge is 0.143 e.